The van der Waals surface area contributed by atoms with Gasteiger partial charge in [-0.2, -0.15) is 0 Å². The summed E-state index contributed by atoms with van der Waals surface area (Å²) in [6, 6.07) is 3.29. The zero-order valence-electron chi connectivity index (χ0n) is 17.6. The van der Waals surface area contributed by atoms with Crippen molar-refractivity contribution in [3.63, 3.8) is 0 Å². The van der Waals surface area contributed by atoms with Crippen LogP contribution in [0.15, 0.2) is 12.1 Å². The minimum absolute atomic E-state index is 0.00620. The van der Waals surface area contributed by atoms with Crippen LogP contribution in [0.25, 0.3) is 0 Å². The molecule has 0 radical (unpaired) electrons. The molecule has 2 N–H and O–H groups in total. The van der Waals surface area contributed by atoms with Crippen molar-refractivity contribution in [1.29, 1.82) is 0 Å². The van der Waals surface area contributed by atoms with E-state index in [4.69, 9.17) is 4.74 Å². The first-order chi connectivity index (χ1) is 14.2. The van der Waals surface area contributed by atoms with Crippen LogP contribution in [0.5, 0.6) is 0 Å². The summed E-state index contributed by atoms with van der Waals surface area (Å²) in [4.78, 5) is 27.0. The standard InChI is InChI=1S/C20H32N2O6S2/c1-3-4-5-6-16(23)11-12-22-15(7-10-19(22)24)13-28-14-17-8-9-18(29-17)20(25)21-30(2,26)27/h8-9,15-16,23H,3-7,10-14H2,1-2H3,(H,21,25). The fraction of sp³-hybridized carbons (Fsp3) is 0.700. The van der Waals surface area contributed by atoms with Crippen LogP contribution in [-0.2, 0) is 26.2 Å². The van der Waals surface area contributed by atoms with Gasteiger partial charge in [0.15, 0.2) is 0 Å². The van der Waals surface area contributed by atoms with Gasteiger partial charge >= 0.3 is 0 Å². The summed E-state index contributed by atoms with van der Waals surface area (Å²) in [6.07, 6.45) is 6.35. The van der Waals surface area contributed by atoms with E-state index in [1.165, 1.54) is 11.3 Å². The van der Waals surface area contributed by atoms with Crippen molar-refractivity contribution in [2.75, 3.05) is 19.4 Å². The van der Waals surface area contributed by atoms with Crippen LogP contribution in [0.2, 0.25) is 0 Å². The maximum absolute atomic E-state index is 12.2. The smallest absolute Gasteiger partial charge is 0.274 e. The second-order valence-electron chi connectivity index (χ2n) is 7.70. The summed E-state index contributed by atoms with van der Waals surface area (Å²) in [7, 11) is -3.60. The maximum atomic E-state index is 12.2. The number of aliphatic hydroxyl groups excluding tert-OH is 1. The van der Waals surface area contributed by atoms with E-state index in [0.717, 1.165) is 43.2 Å². The molecule has 8 nitrogen and oxygen atoms in total. The molecule has 2 rings (SSSR count). The maximum Gasteiger partial charge on any atom is 0.274 e. The van der Waals surface area contributed by atoms with Crippen LogP contribution < -0.4 is 4.72 Å². The van der Waals surface area contributed by atoms with Crippen LogP contribution in [0, 0.1) is 0 Å². The largest absolute Gasteiger partial charge is 0.393 e. The second kappa shape index (κ2) is 11.8. The molecular formula is C20H32N2O6S2. The molecule has 170 valence electrons. The van der Waals surface area contributed by atoms with E-state index in [1.54, 1.807) is 12.1 Å². The molecule has 0 saturated carbocycles. The third-order valence-electron chi connectivity index (χ3n) is 5.01. The first kappa shape index (κ1) is 24.8. The Morgan fingerprint density at radius 3 is 2.83 bits per heavy atom. The van der Waals surface area contributed by atoms with Crippen molar-refractivity contribution in [1.82, 2.24) is 9.62 Å². The number of unbranched alkanes of at least 4 members (excludes halogenated alkanes) is 2. The highest BCUT2D eigenvalue weighted by molar-refractivity contribution is 7.89. The zero-order chi connectivity index (χ0) is 22.1. The number of nitrogens with zero attached hydrogens (tertiary/aromatic N) is 1. The van der Waals surface area contributed by atoms with E-state index in [0.29, 0.717) is 30.9 Å². The fourth-order valence-electron chi connectivity index (χ4n) is 3.43. The number of sulfonamides is 1. The lowest BCUT2D eigenvalue weighted by atomic mass is 10.1. The highest BCUT2D eigenvalue weighted by Gasteiger charge is 2.31. The second-order valence-corrected chi connectivity index (χ2v) is 10.6. The molecule has 2 atom stereocenters. The van der Waals surface area contributed by atoms with E-state index in [-0.39, 0.29) is 24.7 Å². The van der Waals surface area contributed by atoms with Gasteiger partial charge in [-0.1, -0.05) is 26.2 Å². The van der Waals surface area contributed by atoms with Gasteiger partial charge in [0.2, 0.25) is 15.9 Å². The zero-order valence-corrected chi connectivity index (χ0v) is 19.3. The number of carbonyl (C=O) groups is 2. The van der Waals surface area contributed by atoms with Gasteiger partial charge in [0.05, 0.1) is 36.5 Å². The van der Waals surface area contributed by atoms with E-state index in [9.17, 15) is 23.1 Å². The Morgan fingerprint density at radius 2 is 2.13 bits per heavy atom. The first-order valence-electron chi connectivity index (χ1n) is 10.4. The Kier molecular flexibility index (Phi) is 9.73. The van der Waals surface area contributed by atoms with Gasteiger partial charge < -0.3 is 14.7 Å². The van der Waals surface area contributed by atoms with Gasteiger partial charge in [0.25, 0.3) is 5.91 Å². The van der Waals surface area contributed by atoms with Gasteiger partial charge in [-0.25, -0.2) is 13.1 Å². The third kappa shape index (κ3) is 8.33. The van der Waals surface area contributed by atoms with Crippen molar-refractivity contribution in [2.45, 2.75) is 70.6 Å². The molecule has 1 saturated heterocycles. The molecule has 30 heavy (non-hydrogen) atoms. The fourth-order valence-corrected chi connectivity index (χ4v) is 4.78. The molecule has 1 aliphatic rings. The minimum Gasteiger partial charge on any atom is -0.393 e. The molecule has 1 aromatic heterocycles. The van der Waals surface area contributed by atoms with Gasteiger partial charge in [0, 0.05) is 17.8 Å². The predicted octanol–water partition coefficient (Wildman–Crippen LogP) is 2.28. The number of hydrogen-bond acceptors (Lipinski definition) is 7. The highest BCUT2D eigenvalue weighted by Crippen LogP contribution is 2.22. The van der Waals surface area contributed by atoms with E-state index in [1.807, 2.05) is 9.62 Å². The first-order valence-corrected chi connectivity index (χ1v) is 13.1. The van der Waals surface area contributed by atoms with Gasteiger partial charge in [-0.15, -0.1) is 11.3 Å². The quantitative estimate of drug-likeness (QED) is 0.437. The number of carbonyl (C=O) groups excluding carboxylic acids is 2. The molecule has 1 aliphatic heterocycles. The Morgan fingerprint density at radius 1 is 1.37 bits per heavy atom. The number of rotatable bonds is 13. The summed E-state index contributed by atoms with van der Waals surface area (Å²) in [5.41, 5.74) is 0. The van der Waals surface area contributed by atoms with Gasteiger partial charge in [0.1, 0.15) is 0 Å². The number of amides is 2. The van der Waals surface area contributed by atoms with Crippen LogP contribution >= 0.6 is 11.3 Å². The Balaban J connectivity index is 1.76. The number of hydrogen-bond donors (Lipinski definition) is 2. The Hall–Kier alpha value is -1.49. The SMILES string of the molecule is CCCCCC(O)CCN1C(=O)CCC1COCc1ccc(C(=O)NS(C)(=O)=O)s1. The van der Waals surface area contributed by atoms with Crippen molar-refractivity contribution in [2.24, 2.45) is 0 Å². The summed E-state index contributed by atoms with van der Waals surface area (Å²) in [5.74, 6) is -0.556. The number of likely N-dealkylation sites (tertiary alicyclic amines) is 1. The molecular weight excluding hydrogens is 428 g/mol. The number of thiophene rings is 1. The van der Waals surface area contributed by atoms with Crippen LogP contribution in [-0.4, -0.2) is 61.8 Å². The number of nitrogens with one attached hydrogen (secondary N) is 1. The van der Waals surface area contributed by atoms with Crippen LogP contribution in [0.1, 0.15) is 66.4 Å². The Labute approximate surface area is 182 Å². The van der Waals surface area contributed by atoms with E-state index >= 15 is 0 Å². The van der Waals surface area contributed by atoms with Crippen molar-refractivity contribution in [3.8, 4) is 0 Å². The number of aliphatic hydroxyl groups is 1. The summed E-state index contributed by atoms with van der Waals surface area (Å²) in [6.45, 7) is 3.34. The lowest BCUT2D eigenvalue weighted by Gasteiger charge is -2.25. The molecule has 0 bridgehead atoms. The van der Waals surface area contributed by atoms with Crippen molar-refractivity contribution >= 4 is 33.2 Å². The average Bonchev–Trinajstić information content (AvgIpc) is 3.26. The molecule has 2 unspecified atom stereocenters. The molecule has 0 aromatic carbocycles. The third-order valence-corrected chi connectivity index (χ3v) is 6.63. The average molecular weight is 461 g/mol. The van der Waals surface area contributed by atoms with E-state index in [2.05, 4.69) is 6.92 Å². The lowest BCUT2D eigenvalue weighted by molar-refractivity contribution is -0.130. The topological polar surface area (TPSA) is 113 Å². The summed E-state index contributed by atoms with van der Waals surface area (Å²) in [5, 5.41) is 10.1. The molecule has 2 heterocycles. The van der Waals surface area contributed by atoms with Crippen LogP contribution in [0.3, 0.4) is 0 Å². The monoisotopic (exact) mass is 460 g/mol. The Bertz CT molecular complexity index is 808. The molecule has 1 aromatic rings. The predicted molar refractivity (Wildman–Crippen MR) is 116 cm³/mol. The molecule has 0 spiro atoms. The minimum atomic E-state index is -3.60. The molecule has 10 heteroatoms. The number of ether oxygens (including phenoxy) is 1. The molecule has 1 fully saturated rings. The van der Waals surface area contributed by atoms with Crippen molar-refractivity contribution in [3.05, 3.63) is 21.9 Å². The molecule has 0 aliphatic carbocycles. The van der Waals surface area contributed by atoms with Crippen LogP contribution in [0.4, 0.5) is 0 Å². The highest BCUT2D eigenvalue weighted by atomic mass is 32.2. The van der Waals surface area contributed by atoms with Gasteiger partial charge in [-0.05, 0) is 31.4 Å². The van der Waals surface area contributed by atoms with Crippen molar-refractivity contribution < 1.29 is 27.9 Å². The summed E-state index contributed by atoms with van der Waals surface area (Å²) >= 11 is 1.17. The van der Waals surface area contributed by atoms with Gasteiger partial charge in [-0.3, -0.25) is 9.59 Å². The lowest BCUT2D eigenvalue weighted by Crippen LogP contribution is -2.38. The van der Waals surface area contributed by atoms with E-state index < -0.39 is 15.9 Å². The molecule has 2 amide bonds. The summed E-state index contributed by atoms with van der Waals surface area (Å²) < 4.78 is 30.0. The normalized spacial score (nSPS) is 18.0.